The zero-order valence-corrected chi connectivity index (χ0v) is 15.9. The van der Waals surface area contributed by atoms with Gasteiger partial charge in [-0.3, -0.25) is 9.59 Å². The Balaban J connectivity index is 1.75. The Hall–Kier alpha value is -3.15. The molecule has 0 spiro atoms. The first kappa shape index (κ1) is 20.2. The van der Waals surface area contributed by atoms with Gasteiger partial charge in [0.15, 0.2) is 0 Å². The van der Waals surface area contributed by atoms with Crippen LogP contribution in [-0.2, 0) is 9.59 Å². The highest BCUT2D eigenvalue weighted by Crippen LogP contribution is 2.16. The highest BCUT2D eigenvalue weighted by Gasteiger charge is 2.08. The molecule has 6 nitrogen and oxygen atoms in total. The van der Waals surface area contributed by atoms with Crippen LogP contribution in [0.5, 0.6) is 5.75 Å². The molecule has 0 heterocycles. The fourth-order valence-corrected chi connectivity index (χ4v) is 2.36. The summed E-state index contributed by atoms with van der Waals surface area (Å²) in [6.45, 7) is 6.43. The maximum absolute atomic E-state index is 12.0. The molecule has 0 saturated carbocycles. The van der Waals surface area contributed by atoms with Crippen molar-refractivity contribution in [2.45, 2.75) is 33.6 Å². The van der Waals surface area contributed by atoms with Gasteiger partial charge in [0.25, 0.3) is 0 Å². The van der Waals surface area contributed by atoms with Crippen molar-refractivity contribution in [2.75, 3.05) is 11.9 Å². The van der Waals surface area contributed by atoms with E-state index in [2.05, 4.69) is 15.8 Å². The summed E-state index contributed by atoms with van der Waals surface area (Å²) in [5.41, 5.74) is 6.09. The molecule has 2 N–H and O–H groups in total. The Kier molecular flexibility index (Phi) is 7.55. The van der Waals surface area contributed by atoms with Crippen molar-refractivity contribution in [1.29, 1.82) is 0 Å². The number of hydrazone groups is 1. The van der Waals surface area contributed by atoms with Gasteiger partial charge in [0.05, 0.1) is 12.8 Å². The standard InChI is InChI=1S/C21H25N3O3/c1-4-27-18-9-7-17(8-10-18)14-22-24-21(26)12-11-20(25)23-19-13-15(2)5-6-16(19)3/h5-10,13-14H,4,11-12H2,1-3H3,(H,23,25)(H,24,26)/b22-14+. The summed E-state index contributed by atoms with van der Waals surface area (Å²) in [6.07, 6.45) is 1.71. The van der Waals surface area contributed by atoms with Gasteiger partial charge in [-0.05, 0) is 67.8 Å². The lowest BCUT2D eigenvalue weighted by molar-refractivity contribution is -0.124. The van der Waals surface area contributed by atoms with E-state index in [4.69, 9.17) is 4.74 Å². The number of hydrogen-bond donors (Lipinski definition) is 2. The predicted molar refractivity (Wildman–Crippen MR) is 107 cm³/mol. The van der Waals surface area contributed by atoms with E-state index in [0.29, 0.717) is 6.61 Å². The van der Waals surface area contributed by atoms with Crippen molar-refractivity contribution < 1.29 is 14.3 Å². The Morgan fingerprint density at radius 2 is 1.74 bits per heavy atom. The van der Waals surface area contributed by atoms with Gasteiger partial charge in [-0.15, -0.1) is 0 Å². The number of aryl methyl sites for hydroxylation is 2. The number of benzene rings is 2. The maximum atomic E-state index is 12.0. The molecule has 0 aliphatic rings. The molecule has 142 valence electrons. The Labute approximate surface area is 159 Å². The summed E-state index contributed by atoms with van der Waals surface area (Å²) < 4.78 is 5.36. The van der Waals surface area contributed by atoms with E-state index in [1.165, 1.54) is 0 Å². The normalized spacial score (nSPS) is 10.6. The zero-order valence-electron chi connectivity index (χ0n) is 15.9. The minimum atomic E-state index is -0.312. The number of ether oxygens (including phenoxy) is 1. The minimum absolute atomic E-state index is 0.0668. The molecule has 0 aromatic heterocycles. The first-order valence-electron chi connectivity index (χ1n) is 8.90. The Bertz CT molecular complexity index is 814. The van der Waals surface area contributed by atoms with Crippen LogP contribution in [0.15, 0.2) is 47.6 Å². The molecule has 27 heavy (non-hydrogen) atoms. The molecule has 0 unspecified atom stereocenters. The molecule has 0 bridgehead atoms. The van der Waals surface area contributed by atoms with Crippen LogP contribution < -0.4 is 15.5 Å². The van der Waals surface area contributed by atoms with Crippen LogP contribution in [0.25, 0.3) is 0 Å². The van der Waals surface area contributed by atoms with Gasteiger partial charge in [0.1, 0.15) is 5.75 Å². The lowest BCUT2D eigenvalue weighted by atomic mass is 10.1. The molecule has 2 aromatic rings. The fraction of sp³-hybridized carbons (Fsp3) is 0.286. The number of carbonyl (C=O) groups excluding carboxylic acids is 2. The van der Waals surface area contributed by atoms with Crippen molar-refractivity contribution in [3.8, 4) is 5.75 Å². The van der Waals surface area contributed by atoms with Crippen molar-refractivity contribution >= 4 is 23.7 Å². The van der Waals surface area contributed by atoms with Crippen molar-refractivity contribution in [3.05, 3.63) is 59.2 Å². The Morgan fingerprint density at radius 3 is 2.44 bits per heavy atom. The quantitative estimate of drug-likeness (QED) is 0.553. The van der Waals surface area contributed by atoms with E-state index in [1.54, 1.807) is 6.21 Å². The molecule has 2 amide bonds. The van der Waals surface area contributed by atoms with Crippen LogP contribution in [0.4, 0.5) is 5.69 Å². The second kappa shape index (κ2) is 10.1. The van der Waals surface area contributed by atoms with Crippen LogP contribution >= 0.6 is 0 Å². The summed E-state index contributed by atoms with van der Waals surface area (Å²) in [7, 11) is 0. The number of nitrogens with one attached hydrogen (secondary N) is 2. The van der Waals surface area contributed by atoms with E-state index in [0.717, 1.165) is 28.1 Å². The van der Waals surface area contributed by atoms with Crippen molar-refractivity contribution in [1.82, 2.24) is 5.43 Å². The maximum Gasteiger partial charge on any atom is 0.240 e. The minimum Gasteiger partial charge on any atom is -0.494 e. The van der Waals surface area contributed by atoms with E-state index in [-0.39, 0.29) is 24.7 Å². The molecule has 0 aliphatic heterocycles. The topological polar surface area (TPSA) is 79.8 Å². The van der Waals surface area contributed by atoms with Crippen LogP contribution in [-0.4, -0.2) is 24.6 Å². The van der Waals surface area contributed by atoms with Crippen molar-refractivity contribution in [3.63, 3.8) is 0 Å². The summed E-state index contributed by atoms with van der Waals surface area (Å²) in [5, 5.41) is 6.74. The highest BCUT2D eigenvalue weighted by atomic mass is 16.5. The average molecular weight is 367 g/mol. The largest absolute Gasteiger partial charge is 0.494 e. The summed E-state index contributed by atoms with van der Waals surface area (Å²) in [5.74, 6) is 0.274. The van der Waals surface area contributed by atoms with Crippen LogP contribution in [0.3, 0.4) is 0 Å². The van der Waals surface area contributed by atoms with E-state index < -0.39 is 0 Å². The molecule has 2 aromatic carbocycles. The molecule has 0 aliphatic carbocycles. The number of rotatable bonds is 8. The highest BCUT2D eigenvalue weighted by molar-refractivity contribution is 5.94. The first-order chi connectivity index (χ1) is 13.0. The van der Waals surface area contributed by atoms with Gasteiger partial charge in [0.2, 0.25) is 11.8 Å². The smallest absolute Gasteiger partial charge is 0.240 e. The third-order valence-corrected chi connectivity index (χ3v) is 3.84. The third kappa shape index (κ3) is 6.93. The zero-order chi connectivity index (χ0) is 19.6. The first-order valence-corrected chi connectivity index (χ1v) is 8.90. The van der Waals surface area contributed by atoms with E-state index in [1.807, 2.05) is 63.2 Å². The molecule has 2 rings (SSSR count). The van der Waals surface area contributed by atoms with E-state index in [9.17, 15) is 9.59 Å². The fourth-order valence-electron chi connectivity index (χ4n) is 2.36. The summed E-state index contributed by atoms with van der Waals surface area (Å²) in [6, 6.07) is 13.2. The SMILES string of the molecule is CCOc1ccc(/C=N/NC(=O)CCC(=O)Nc2cc(C)ccc2C)cc1. The van der Waals surface area contributed by atoms with Gasteiger partial charge in [0, 0.05) is 18.5 Å². The number of nitrogens with zero attached hydrogens (tertiary/aromatic N) is 1. The second-order valence-electron chi connectivity index (χ2n) is 6.16. The molecule has 0 radical (unpaired) electrons. The number of amides is 2. The molecule has 0 fully saturated rings. The van der Waals surface area contributed by atoms with Gasteiger partial charge in [-0.25, -0.2) is 5.43 Å². The molecular formula is C21H25N3O3. The summed E-state index contributed by atoms with van der Waals surface area (Å²) >= 11 is 0. The molecule has 6 heteroatoms. The van der Waals surface area contributed by atoms with Gasteiger partial charge in [-0.2, -0.15) is 5.10 Å². The van der Waals surface area contributed by atoms with Gasteiger partial charge < -0.3 is 10.1 Å². The van der Waals surface area contributed by atoms with Gasteiger partial charge in [-0.1, -0.05) is 12.1 Å². The van der Waals surface area contributed by atoms with Crippen LogP contribution in [0.1, 0.15) is 36.5 Å². The molecular weight excluding hydrogens is 342 g/mol. The van der Waals surface area contributed by atoms with Gasteiger partial charge >= 0.3 is 0 Å². The number of anilines is 1. The van der Waals surface area contributed by atoms with Crippen LogP contribution in [0, 0.1) is 13.8 Å². The lowest BCUT2D eigenvalue weighted by Gasteiger charge is -2.09. The van der Waals surface area contributed by atoms with E-state index >= 15 is 0 Å². The second-order valence-corrected chi connectivity index (χ2v) is 6.16. The lowest BCUT2D eigenvalue weighted by Crippen LogP contribution is -2.20. The molecule has 0 atom stereocenters. The average Bonchev–Trinajstić information content (AvgIpc) is 2.65. The van der Waals surface area contributed by atoms with Crippen molar-refractivity contribution in [2.24, 2.45) is 5.10 Å². The monoisotopic (exact) mass is 367 g/mol. The summed E-state index contributed by atoms with van der Waals surface area (Å²) in [4.78, 5) is 23.8. The number of hydrogen-bond acceptors (Lipinski definition) is 4. The third-order valence-electron chi connectivity index (χ3n) is 3.84. The predicted octanol–water partition coefficient (Wildman–Crippen LogP) is 3.57. The number of carbonyl (C=O) groups is 2. The van der Waals surface area contributed by atoms with Crippen LogP contribution in [0.2, 0.25) is 0 Å². The molecule has 0 saturated heterocycles. The Morgan fingerprint density at radius 1 is 1.04 bits per heavy atom.